The predicted molar refractivity (Wildman–Crippen MR) is 180 cm³/mol. The molecule has 0 aliphatic carbocycles. The summed E-state index contributed by atoms with van der Waals surface area (Å²) in [6.45, 7) is 6.56. The van der Waals surface area contributed by atoms with Crippen LogP contribution in [0.3, 0.4) is 0 Å². The average molecular weight is 653 g/mol. The lowest BCUT2D eigenvalue weighted by Crippen LogP contribution is -2.44. The summed E-state index contributed by atoms with van der Waals surface area (Å²) in [6.07, 6.45) is 0.535. The number of hydrogen-bond acceptors (Lipinski definition) is 10. The van der Waals surface area contributed by atoms with Crippen LogP contribution in [0.15, 0.2) is 30.3 Å². The van der Waals surface area contributed by atoms with E-state index in [0.717, 1.165) is 42.2 Å². The number of rotatable bonds is 18. The van der Waals surface area contributed by atoms with E-state index in [2.05, 4.69) is 44.1 Å². The average Bonchev–Trinajstić information content (AvgIpc) is 2.90. The molecular formula is C28H44N8O6S2+2. The first-order valence-corrected chi connectivity index (χ1v) is 16.5. The Labute approximate surface area is 266 Å². The molecule has 5 N–H and O–H groups in total. The summed E-state index contributed by atoms with van der Waals surface area (Å²) in [5, 5.41) is 31.3. The van der Waals surface area contributed by atoms with Crippen LogP contribution in [0, 0.1) is 20.2 Å². The molecule has 44 heavy (non-hydrogen) atoms. The molecule has 0 fully saturated rings. The highest BCUT2D eigenvalue weighted by Crippen LogP contribution is 2.31. The normalized spacial score (nSPS) is 11.6. The van der Waals surface area contributed by atoms with Crippen molar-refractivity contribution in [2.75, 3.05) is 94.1 Å². The Kier molecular flexibility index (Phi) is 13.7. The van der Waals surface area contributed by atoms with Crippen LogP contribution in [0.5, 0.6) is 0 Å². The standard InChI is InChI=1S/C28H42N8O6S2/c1-20(37)31-23-7-8-25(26(18-23)33(39)40)30-10-12-36(5,6)14-16-44-43-15-13-35(3,4)11-9-22-17-24(32-21(2)38)19-27(28(22)29)34(41)42/h7-8,17-19,30H,9-16,29H2,1-6H3/p+2. The van der Waals surface area contributed by atoms with Gasteiger partial charge in [-0.05, 0) is 23.8 Å². The van der Waals surface area contributed by atoms with Gasteiger partial charge in [-0.1, -0.05) is 21.6 Å². The number of nitrogens with one attached hydrogen (secondary N) is 3. The highest BCUT2D eigenvalue weighted by molar-refractivity contribution is 8.76. The molecule has 0 radical (unpaired) electrons. The summed E-state index contributed by atoms with van der Waals surface area (Å²) < 4.78 is 1.45. The van der Waals surface area contributed by atoms with Crippen molar-refractivity contribution in [3.63, 3.8) is 0 Å². The number of hydrogen-bond donors (Lipinski definition) is 4. The molecule has 0 heterocycles. The topological polar surface area (TPSA) is 183 Å². The smallest absolute Gasteiger partial charge is 0.294 e. The molecule has 16 heteroatoms. The molecule has 242 valence electrons. The Balaban J connectivity index is 1.76. The van der Waals surface area contributed by atoms with E-state index < -0.39 is 9.85 Å². The molecule has 0 spiro atoms. The van der Waals surface area contributed by atoms with Crippen LogP contribution in [0.1, 0.15) is 19.4 Å². The number of benzene rings is 2. The number of nitro groups is 2. The predicted octanol–water partition coefficient (Wildman–Crippen LogP) is 4.19. The van der Waals surface area contributed by atoms with E-state index in [4.69, 9.17) is 5.73 Å². The zero-order valence-electron chi connectivity index (χ0n) is 26.2. The van der Waals surface area contributed by atoms with Gasteiger partial charge in [0, 0.05) is 43.8 Å². The minimum Gasteiger partial charge on any atom is -0.393 e. The second kappa shape index (κ2) is 16.5. The number of amides is 2. The summed E-state index contributed by atoms with van der Waals surface area (Å²) in [5.74, 6) is 1.26. The Morgan fingerprint density at radius 2 is 1.32 bits per heavy atom. The lowest BCUT2D eigenvalue weighted by Gasteiger charge is -2.30. The largest absolute Gasteiger partial charge is 0.393 e. The summed E-state index contributed by atoms with van der Waals surface area (Å²) in [4.78, 5) is 44.7. The van der Waals surface area contributed by atoms with Crippen LogP contribution >= 0.6 is 21.6 Å². The quantitative estimate of drug-likeness (QED) is 0.0455. The Bertz CT molecular complexity index is 1360. The van der Waals surface area contributed by atoms with Crippen LogP contribution < -0.4 is 21.7 Å². The Morgan fingerprint density at radius 3 is 1.86 bits per heavy atom. The molecule has 0 saturated heterocycles. The van der Waals surface area contributed by atoms with Gasteiger partial charge in [-0.25, -0.2) is 0 Å². The number of nitrogens with zero attached hydrogens (tertiary/aromatic N) is 4. The minimum absolute atomic E-state index is 0.0851. The molecular weight excluding hydrogens is 608 g/mol. The number of nitrogens with two attached hydrogens (primary N) is 1. The number of nitro benzene ring substituents is 2. The van der Waals surface area contributed by atoms with Crippen molar-refractivity contribution in [3.05, 3.63) is 56.1 Å². The molecule has 0 aliphatic heterocycles. The third-order valence-corrected chi connectivity index (χ3v) is 9.30. The number of carbonyl (C=O) groups excluding carboxylic acids is 2. The van der Waals surface area contributed by atoms with E-state index in [1.807, 2.05) is 0 Å². The number of quaternary nitrogens is 2. The fourth-order valence-corrected chi connectivity index (χ4v) is 6.80. The molecule has 0 aromatic heterocycles. The Morgan fingerprint density at radius 1 is 0.795 bits per heavy atom. The van der Waals surface area contributed by atoms with Gasteiger partial charge in [0.1, 0.15) is 11.4 Å². The van der Waals surface area contributed by atoms with Crippen LogP contribution in [0.2, 0.25) is 0 Å². The first-order valence-electron chi connectivity index (χ1n) is 14.0. The summed E-state index contributed by atoms with van der Waals surface area (Å²) >= 11 is 0. The van der Waals surface area contributed by atoms with Gasteiger partial charge in [0.05, 0.1) is 82.3 Å². The number of anilines is 4. The number of carbonyl (C=O) groups is 2. The van der Waals surface area contributed by atoms with E-state index in [1.165, 1.54) is 26.0 Å². The van der Waals surface area contributed by atoms with Gasteiger partial charge in [0.25, 0.3) is 11.4 Å². The maximum atomic E-state index is 11.5. The maximum absolute atomic E-state index is 11.5. The van der Waals surface area contributed by atoms with E-state index in [1.54, 1.807) is 39.8 Å². The van der Waals surface area contributed by atoms with E-state index in [9.17, 15) is 29.8 Å². The Hall–Kier alpha value is -3.60. The van der Waals surface area contributed by atoms with E-state index in [0.29, 0.717) is 40.1 Å². The molecule has 0 atom stereocenters. The third-order valence-electron chi connectivity index (χ3n) is 6.94. The third kappa shape index (κ3) is 12.6. The number of likely N-dealkylation sites (N-methyl/N-ethyl adjacent to an activating group) is 2. The SMILES string of the molecule is CC(=O)Nc1ccc(NCC[N+](C)(C)CCSSCC[N+](C)(C)CCc2cc(NC(C)=O)cc([N+](=O)[O-])c2N)c([N+](=O)[O-])c1. The van der Waals surface area contributed by atoms with E-state index >= 15 is 0 Å². The molecule has 2 amide bonds. The fraction of sp³-hybridized carbons (Fsp3) is 0.500. The van der Waals surface area contributed by atoms with Gasteiger partial charge in [0.2, 0.25) is 11.8 Å². The molecule has 2 aromatic carbocycles. The first kappa shape index (κ1) is 36.6. The van der Waals surface area contributed by atoms with Crippen LogP contribution in [-0.4, -0.2) is 103 Å². The second-order valence-corrected chi connectivity index (χ2v) is 14.5. The zero-order chi connectivity index (χ0) is 33.1. The number of nitrogen functional groups attached to an aromatic ring is 1. The van der Waals surface area contributed by atoms with Gasteiger partial charge < -0.3 is 30.7 Å². The van der Waals surface area contributed by atoms with Gasteiger partial charge >= 0.3 is 0 Å². The zero-order valence-corrected chi connectivity index (χ0v) is 27.8. The van der Waals surface area contributed by atoms with Crippen molar-refractivity contribution in [1.82, 2.24) is 0 Å². The minimum atomic E-state index is -0.532. The van der Waals surface area contributed by atoms with Crippen molar-refractivity contribution in [3.8, 4) is 0 Å². The summed E-state index contributed by atoms with van der Waals surface area (Å²) in [6, 6.07) is 7.58. The van der Waals surface area contributed by atoms with Crippen molar-refractivity contribution < 1.29 is 28.4 Å². The fourth-order valence-electron chi connectivity index (χ4n) is 4.27. The highest BCUT2D eigenvalue weighted by atomic mass is 33.1. The van der Waals surface area contributed by atoms with Crippen molar-refractivity contribution in [2.24, 2.45) is 0 Å². The first-order chi connectivity index (χ1) is 20.5. The molecule has 14 nitrogen and oxygen atoms in total. The lowest BCUT2D eigenvalue weighted by molar-refractivity contribution is -0.887. The van der Waals surface area contributed by atoms with Crippen LogP contribution in [0.4, 0.5) is 34.1 Å². The monoisotopic (exact) mass is 652 g/mol. The van der Waals surface area contributed by atoms with Gasteiger partial charge in [-0.15, -0.1) is 0 Å². The lowest BCUT2D eigenvalue weighted by atomic mass is 10.1. The summed E-state index contributed by atoms with van der Waals surface area (Å²) in [5.41, 5.74) is 7.72. The van der Waals surface area contributed by atoms with Gasteiger partial charge in [0.15, 0.2) is 0 Å². The van der Waals surface area contributed by atoms with Crippen molar-refractivity contribution >= 4 is 67.5 Å². The molecule has 0 unspecified atom stereocenters. The summed E-state index contributed by atoms with van der Waals surface area (Å²) in [7, 11) is 12.1. The van der Waals surface area contributed by atoms with E-state index in [-0.39, 0.29) is 28.9 Å². The molecule has 2 aromatic rings. The van der Waals surface area contributed by atoms with Gasteiger partial charge in [-0.2, -0.15) is 0 Å². The molecule has 0 saturated carbocycles. The second-order valence-electron chi connectivity index (χ2n) is 11.8. The van der Waals surface area contributed by atoms with Crippen molar-refractivity contribution in [2.45, 2.75) is 20.3 Å². The van der Waals surface area contributed by atoms with Gasteiger partial charge in [-0.3, -0.25) is 29.8 Å². The molecule has 0 aliphatic rings. The maximum Gasteiger partial charge on any atom is 0.294 e. The van der Waals surface area contributed by atoms with Crippen LogP contribution in [-0.2, 0) is 16.0 Å². The highest BCUT2D eigenvalue weighted by Gasteiger charge is 2.22. The van der Waals surface area contributed by atoms with Crippen molar-refractivity contribution in [1.29, 1.82) is 0 Å². The molecule has 0 bridgehead atoms. The molecule has 2 rings (SSSR count). The van der Waals surface area contributed by atoms with Crippen LogP contribution in [0.25, 0.3) is 0 Å².